The summed E-state index contributed by atoms with van der Waals surface area (Å²) in [6.07, 6.45) is -4.43. The van der Waals surface area contributed by atoms with E-state index in [4.69, 9.17) is 0 Å². The minimum atomic E-state index is -4.43. The summed E-state index contributed by atoms with van der Waals surface area (Å²) in [4.78, 5) is 0. The van der Waals surface area contributed by atoms with Crippen LogP contribution in [0.15, 0.2) is 10.5 Å². The van der Waals surface area contributed by atoms with Gasteiger partial charge in [-0.05, 0) is 19.9 Å². The van der Waals surface area contributed by atoms with Crippen molar-refractivity contribution >= 4 is 0 Å². The Bertz CT molecular complexity index is 259. The highest BCUT2D eigenvalue weighted by Crippen LogP contribution is 2.33. The molecule has 1 radical (unpaired) electrons. The van der Waals surface area contributed by atoms with Crippen LogP contribution in [0.4, 0.5) is 13.2 Å². The quantitative estimate of drug-likeness (QED) is 0.573. The molecule has 1 rings (SSSR count). The maximum Gasteiger partial charge on any atom is 0.449 e. The minimum absolute atomic E-state index is 0.116. The molecule has 0 N–H and O–H groups in total. The first-order valence-electron chi connectivity index (χ1n) is 2.91. The van der Waals surface area contributed by atoms with E-state index in [0.29, 0.717) is 0 Å². The van der Waals surface area contributed by atoms with Gasteiger partial charge in [0.2, 0.25) is 5.76 Å². The molecule has 0 aromatic carbocycles. The third kappa shape index (κ3) is 1.56. The zero-order valence-electron chi connectivity index (χ0n) is 5.83. The molecule has 11 heavy (non-hydrogen) atoms. The van der Waals surface area contributed by atoms with Crippen LogP contribution in [0.3, 0.4) is 0 Å². The van der Waals surface area contributed by atoms with Crippen LogP contribution in [0, 0.1) is 13.8 Å². The van der Waals surface area contributed by atoms with Crippen molar-refractivity contribution in [2.24, 2.45) is 0 Å². The monoisotopic (exact) mass is 163 g/mol. The SMILES string of the molecule is [CH2]c1cc(C)oc1C(F)(F)F. The summed E-state index contributed by atoms with van der Waals surface area (Å²) in [5, 5.41) is 0. The van der Waals surface area contributed by atoms with E-state index in [1.807, 2.05) is 0 Å². The summed E-state index contributed by atoms with van der Waals surface area (Å²) in [7, 11) is 0. The molecule has 0 aliphatic carbocycles. The fourth-order valence-corrected chi connectivity index (χ4v) is 0.807. The first-order valence-corrected chi connectivity index (χ1v) is 2.91. The van der Waals surface area contributed by atoms with Crippen molar-refractivity contribution in [1.29, 1.82) is 0 Å². The average molecular weight is 163 g/mol. The van der Waals surface area contributed by atoms with Crippen molar-refractivity contribution in [3.63, 3.8) is 0 Å². The van der Waals surface area contributed by atoms with E-state index < -0.39 is 11.9 Å². The predicted molar refractivity (Wildman–Crippen MR) is 32.9 cm³/mol. The van der Waals surface area contributed by atoms with Gasteiger partial charge >= 0.3 is 6.18 Å². The van der Waals surface area contributed by atoms with Crippen LogP contribution in [-0.4, -0.2) is 0 Å². The van der Waals surface area contributed by atoms with E-state index in [2.05, 4.69) is 11.3 Å². The molecule has 0 unspecified atom stereocenters. The molecule has 0 saturated carbocycles. The number of furan rings is 1. The molecule has 0 atom stereocenters. The second-order valence-corrected chi connectivity index (χ2v) is 2.21. The summed E-state index contributed by atoms with van der Waals surface area (Å²) in [6, 6.07) is 1.25. The Balaban J connectivity index is 3.13. The van der Waals surface area contributed by atoms with Crippen molar-refractivity contribution in [1.82, 2.24) is 0 Å². The van der Waals surface area contributed by atoms with Crippen molar-refractivity contribution in [3.8, 4) is 0 Å². The Morgan fingerprint density at radius 1 is 1.45 bits per heavy atom. The van der Waals surface area contributed by atoms with Gasteiger partial charge in [0.25, 0.3) is 0 Å². The summed E-state index contributed by atoms with van der Waals surface area (Å²) in [5.74, 6) is -0.780. The van der Waals surface area contributed by atoms with Gasteiger partial charge in [0.05, 0.1) is 0 Å². The molecule has 4 heteroatoms. The van der Waals surface area contributed by atoms with E-state index in [1.54, 1.807) is 0 Å². The predicted octanol–water partition coefficient (Wildman–Crippen LogP) is 2.79. The van der Waals surface area contributed by atoms with Gasteiger partial charge in [-0.1, -0.05) is 0 Å². The summed E-state index contributed by atoms with van der Waals surface area (Å²) in [6.45, 7) is 4.64. The van der Waals surface area contributed by atoms with Gasteiger partial charge in [0, 0.05) is 5.56 Å². The topological polar surface area (TPSA) is 13.1 Å². The normalized spacial score (nSPS) is 12.1. The number of halogens is 3. The van der Waals surface area contributed by atoms with Crippen molar-refractivity contribution < 1.29 is 17.6 Å². The second kappa shape index (κ2) is 2.29. The Kier molecular flexibility index (Phi) is 1.70. The van der Waals surface area contributed by atoms with Crippen LogP contribution in [0.5, 0.6) is 0 Å². The summed E-state index contributed by atoms with van der Waals surface area (Å²) in [5.41, 5.74) is -0.116. The molecule has 0 bridgehead atoms. The van der Waals surface area contributed by atoms with Crippen molar-refractivity contribution in [2.45, 2.75) is 13.1 Å². The molecule has 1 heterocycles. The molecule has 0 aliphatic heterocycles. The smallest absolute Gasteiger partial charge is 0.449 e. The number of rotatable bonds is 0. The Hall–Kier alpha value is -0.930. The van der Waals surface area contributed by atoms with E-state index in [9.17, 15) is 13.2 Å². The van der Waals surface area contributed by atoms with Crippen LogP contribution < -0.4 is 0 Å². The van der Waals surface area contributed by atoms with E-state index >= 15 is 0 Å². The van der Waals surface area contributed by atoms with Crippen LogP contribution in [0.25, 0.3) is 0 Å². The highest BCUT2D eigenvalue weighted by atomic mass is 19.4. The average Bonchev–Trinajstić information content (AvgIpc) is 2.08. The lowest BCUT2D eigenvalue weighted by molar-refractivity contribution is -0.153. The molecule has 1 aromatic rings. The van der Waals surface area contributed by atoms with Crippen LogP contribution >= 0.6 is 0 Å². The summed E-state index contributed by atoms with van der Waals surface area (Å²) >= 11 is 0. The molecule has 1 nitrogen and oxygen atoms in total. The molecule has 61 valence electrons. The van der Waals surface area contributed by atoms with Crippen molar-refractivity contribution in [3.05, 3.63) is 30.1 Å². The summed E-state index contributed by atoms with van der Waals surface area (Å²) < 4.78 is 40.2. The van der Waals surface area contributed by atoms with E-state index in [1.165, 1.54) is 13.0 Å². The lowest BCUT2D eigenvalue weighted by Crippen LogP contribution is -2.04. The van der Waals surface area contributed by atoms with Gasteiger partial charge in [-0.3, -0.25) is 0 Å². The lowest BCUT2D eigenvalue weighted by atomic mass is 10.2. The molecule has 0 aliphatic rings. The van der Waals surface area contributed by atoms with Crippen LogP contribution in [-0.2, 0) is 6.18 Å². The van der Waals surface area contributed by atoms with Crippen LogP contribution in [0.1, 0.15) is 17.1 Å². The Morgan fingerprint density at radius 3 is 2.18 bits per heavy atom. The maximum atomic E-state index is 11.9. The highest BCUT2D eigenvalue weighted by Gasteiger charge is 2.36. The first-order chi connectivity index (χ1) is 4.91. The van der Waals surface area contributed by atoms with Gasteiger partial charge < -0.3 is 4.42 Å². The molecule has 0 saturated heterocycles. The van der Waals surface area contributed by atoms with E-state index in [0.717, 1.165) is 0 Å². The molecular weight excluding hydrogens is 157 g/mol. The molecule has 0 fully saturated rings. The van der Waals surface area contributed by atoms with E-state index in [-0.39, 0.29) is 11.3 Å². The lowest BCUT2D eigenvalue weighted by Gasteiger charge is -2.01. The third-order valence-electron chi connectivity index (χ3n) is 1.19. The minimum Gasteiger partial charge on any atom is -0.457 e. The molecule has 0 amide bonds. The fraction of sp³-hybridized carbons (Fsp3) is 0.286. The highest BCUT2D eigenvalue weighted by molar-refractivity contribution is 5.25. The maximum absolute atomic E-state index is 11.9. The number of alkyl halides is 3. The second-order valence-electron chi connectivity index (χ2n) is 2.21. The zero-order chi connectivity index (χ0) is 8.65. The Labute approximate surface area is 61.8 Å². The fourth-order valence-electron chi connectivity index (χ4n) is 0.807. The third-order valence-corrected chi connectivity index (χ3v) is 1.19. The van der Waals surface area contributed by atoms with Crippen molar-refractivity contribution in [2.75, 3.05) is 0 Å². The molecular formula is C7H6F3O. The van der Waals surface area contributed by atoms with Gasteiger partial charge in [-0.15, -0.1) is 0 Å². The van der Waals surface area contributed by atoms with Gasteiger partial charge in [0.1, 0.15) is 5.76 Å². The van der Waals surface area contributed by atoms with Gasteiger partial charge in [-0.25, -0.2) is 0 Å². The number of hydrogen-bond donors (Lipinski definition) is 0. The van der Waals surface area contributed by atoms with Gasteiger partial charge in [-0.2, -0.15) is 13.2 Å². The first kappa shape index (κ1) is 8.17. The largest absolute Gasteiger partial charge is 0.457 e. The number of hydrogen-bond acceptors (Lipinski definition) is 1. The standard InChI is InChI=1S/C7H6F3O/c1-4-3-5(2)11-6(4)7(8,9)10/h3H,1H2,2H3. The van der Waals surface area contributed by atoms with Crippen LogP contribution in [0.2, 0.25) is 0 Å². The Morgan fingerprint density at radius 2 is 2.00 bits per heavy atom. The molecule has 1 aromatic heterocycles. The molecule has 0 spiro atoms. The zero-order valence-corrected chi connectivity index (χ0v) is 5.83. The van der Waals surface area contributed by atoms with Gasteiger partial charge in [0.15, 0.2) is 0 Å². The number of aryl methyl sites for hydroxylation is 1.